The zero-order chi connectivity index (χ0) is 11.3. The Morgan fingerprint density at radius 1 is 1.00 bits per heavy atom. The van der Waals surface area contributed by atoms with Gasteiger partial charge in [0.05, 0.1) is 5.88 Å². The third-order valence-corrected chi connectivity index (χ3v) is 2.11. The molecule has 0 nitrogen and oxygen atoms in total. The molecular weight excluding hydrogens is 318 g/mol. The highest BCUT2D eigenvalue weighted by Gasteiger charge is 2.36. The van der Waals surface area contributed by atoms with Gasteiger partial charge in [-0.25, -0.2) is 0 Å². The molecule has 0 atom stereocenters. The Morgan fingerprint density at radius 2 is 1.15 bits per heavy atom. The van der Waals surface area contributed by atoms with Gasteiger partial charge < -0.3 is 0 Å². The molecule has 0 aliphatic rings. The first-order valence-electron chi connectivity index (χ1n) is 2.48. The van der Waals surface area contributed by atoms with Crippen molar-refractivity contribution in [1.82, 2.24) is 0 Å². The van der Waals surface area contributed by atoms with Crippen molar-refractivity contribution in [2.45, 2.75) is 14.8 Å². The van der Waals surface area contributed by atoms with Gasteiger partial charge in [-0.15, -0.1) is 11.6 Å². The molecular formula is C4H3Cl6F3. The summed E-state index contributed by atoms with van der Waals surface area (Å²) >= 11 is 29.2. The molecule has 0 saturated heterocycles. The van der Waals surface area contributed by atoms with Gasteiger partial charge in [0.2, 0.25) is 8.63 Å². The summed E-state index contributed by atoms with van der Waals surface area (Å²) in [5.41, 5.74) is 0. The Labute approximate surface area is 103 Å². The third-order valence-electron chi connectivity index (χ3n) is 0.399. The van der Waals surface area contributed by atoms with E-state index in [1.165, 1.54) is 0 Å². The fourth-order valence-electron chi connectivity index (χ4n) is 0. The summed E-state index contributed by atoms with van der Waals surface area (Å²) in [4.78, 5) is -2.26. The van der Waals surface area contributed by atoms with Gasteiger partial charge in [0.25, 0.3) is 0 Å². The van der Waals surface area contributed by atoms with E-state index in [-0.39, 0.29) is 5.88 Å². The maximum Gasteiger partial charge on any atom is 0.418 e. The van der Waals surface area contributed by atoms with Crippen LogP contribution < -0.4 is 0 Å². The molecule has 9 heteroatoms. The van der Waals surface area contributed by atoms with E-state index in [4.69, 9.17) is 46.4 Å². The lowest BCUT2D eigenvalue weighted by atomic mass is 10.8. The summed E-state index contributed by atoms with van der Waals surface area (Å²) in [5.74, 6) is 0.0394. The number of halogens is 9. The highest BCUT2D eigenvalue weighted by Crippen LogP contribution is 2.27. The van der Waals surface area contributed by atoms with E-state index < -0.39 is 14.8 Å². The van der Waals surface area contributed by atoms with E-state index in [1.807, 2.05) is 0 Å². The van der Waals surface area contributed by atoms with Crippen LogP contribution in [-0.4, -0.2) is 20.7 Å². The molecule has 0 aromatic heterocycles. The Balaban J connectivity index is 0. The van der Waals surface area contributed by atoms with Gasteiger partial charge in [-0.1, -0.05) is 58.0 Å². The molecule has 0 aliphatic carbocycles. The van der Waals surface area contributed by atoms with Crippen molar-refractivity contribution in [2.75, 3.05) is 5.88 Å². The molecule has 0 bridgehead atoms. The lowest BCUT2D eigenvalue weighted by Crippen LogP contribution is -2.16. The fourth-order valence-corrected chi connectivity index (χ4v) is 0. The van der Waals surface area contributed by atoms with Crippen LogP contribution in [0.5, 0.6) is 0 Å². The molecule has 0 amide bonds. The summed E-state index contributed by atoms with van der Waals surface area (Å²) < 4.78 is 31.5. The molecule has 82 valence electrons. The van der Waals surface area contributed by atoms with E-state index >= 15 is 0 Å². The first-order valence-corrected chi connectivity index (χ1v) is 5.02. The Bertz CT molecular complexity index is 127. The van der Waals surface area contributed by atoms with E-state index in [9.17, 15) is 13.2 Å². The average Bonchev–Trinajstić information content (AvgIpc) is 1.85. The van der Waals surface area contributed by atoms with Crippen LogP contribution in [0, 0.1) is 0 Å². The second-order valence-electron chi connectivity index (χ2n) is 1.59. The van der Waals surface area contributed by atoms with Gasteiger partial charge in [-0.3, -0.25) is 0 Å². The Kier molecular flexibility index (Phi) is 9.01. The van der Waals surface area contributed by atoms with E-state index in [0.717, 1.165) is 0 Å². The van der Waals surface area contributed by atoms with Gasteiger partial charge in [0, 0.05) is 0 Å². The lowest BCUT2D eigenvalue weighted by molar-refractivity contribution is -0.115. The van der Waals surface area contributed by atoms with Gasteiger partial charge in [-0.05, 0) is 0 Å². The van der Waals surface area contributed by atoms with Crippen LogP contribution in [0.15, 0.2) is 0 Å². The summed E-state index contributed by atoms with van der Waals surface area (Å²) in [5, 5.41) is 0. The van der Waals surface area contributed by atoms with Crippen LogP contribution in [0.1, 0.15) is 0 Å². The summed E-state index contributed by atoms with van der Waals surface area (Å²) in [7, 11) is 0. The Hall–Kier alpha value is 1.53. The van der Waals surface area contributed by atoms with E-state index in [1.54, 1.807) is 0 Å². The molecule has 0 spiro atoms. The molecule has 0 saturated carbocycles. The van der Waals surface area contributed by atoms with E-state index in [2.05, 4.69) is 23.2 Å². The molecule has 0 N–H and O–H groups in total. The van der Waals surface area contributed by atoms with Crippen molar-refractivity contribution >= 4 is 69.6 Å². The largest absolute Gasteiger partial charge is 0.418 e. The van der Waals surface area contributed by atoms with Crippen molar-refractivity contribution in [2.24, 2.45) is 0 Å². The minimum absolute atomic E-state index is 0.0394. The van der Waals surface area contributed by atoms with Crippen LogP contribution in [0.2, 0.25) is 0 Å². The highest BCUT2D eigenvalue weighted by molar-refractivity contribution is 6.69. The molecule has 0 fully saturated rings. The van der Waals surface area contributed by atoms with Gasteiger partial charge in [0.1, 0.15) is 0 Å². The normalized spacial score (nSPS) is 12.5. The highest BCUT2D eigenvalue weighted by atomic mass is 35.6. The SMILES string of the molecule is ClCC(Cl)(Cl)Cl.FC(F)(F)C(Cl)Cl. The standard InChI is InChI=1S/C2H2Cl4.C2HCl2F3/c3-1-2(4,5)6;3-1(4)2(5,6)7/h1H2;1H. The van der Waals surface area contributed by atoms with Crippen molar-refractivity contribution in [3.63, 3.8) is 0 Å². The quantitative estimate of drug-likeness (QED) is 0.554. The van der Waals surface area contributed by atoms with Crippen LogP contribution in [0.25, 0.3) is 0 Å². The molecule has 0 unspecified atom stereocenters. The maximum absolute atomic E-state index is 10.9. The monoisotopic (exact) mass is 318 g/mol. The van der Waals surface area contributed by atoms with Crippen molar-refractivity contribution in [3.05, 3.63) is 0 Å². The number of alkyl halides is 9. The van der Waals surface area contributed by atoms with Crippen LogP contribution in [0.4, 0.5) is 13.2 Å². The topological polar surface area (TPSA) is 0 Å². The third kappa shape index (κ3) is 16.2. The van der Waals surface area contributed by atoms with Crippen LogP contribution in [-0.2, 0) is 0 Å². The lowest BCUT2D eigenvalue weighted by Gasteiger charge is -2.03. The Morgan fingerprint density at radius 3 is 1.15 bits per heavy atom. The van der Waals surface area contributed by atoms with Crippen molar-refractivity contribution in [1.29, 1.82) is 0 Å². The predicted molar refractivity (Wildman–Crippen MR) is 52.6 cm³/mol. The summed E-state index contributed by atoms with van der Waals surface area (Å²) in [6.07, 6.45) is -4.47. The maximum atomic E-state index is 10.9. The van der Waals surface area contributed by atoms with Gasteiger partial charge in [-0.2, -0.15) is 13.2 Å². The average molecular weight is 321 g/mol. The number of rotatable bonds is 0. The molecule has 13 heavy (non-hydrogen) atoms. The fraction of sp³-hybridized carbons (Fsp3) is 1.00. The molecule has 0 aromatic rings. The molecule has 0 rings (SSSR count). The van der Waals surface area contributed by atoms with Gasteiger partial charge in [0.15, 0.2) is 0 Å². The van der Waals surface area contributed by atoms with E-state index in [0.29, 0.717) is 0 Å². The van der Waals surface area contributed by atoms with Crippen molar-refractivity contribution in [3.8, 4) is 0 Å². The summed E-state index contributed by atoms with van der Waals surface area (Å²) in [6, 6.07) is 0. The van der Waals surface area contributed by atoms with Crippen molar-refractivity contribution < 1.29 is 13.2 Å². The first-order chi connectivity index (χ1) is 5.50. The summed E-state index contributed by atoms with van der Waals surface area (Å²) in [6.45, 7) is 0. The minimum Gasteiger partial charge on any atom is -0.168 e. The molecule has 0 aromatic carbocycles. The molecule has 0 radical (unpaired) electrons. The second kappa shape index (κ2) is 6.91. The zero-order valence-corrected chi connectivity index (χ0v) is 10.2. The van der Waals surface area contributed by atoms with Crippen LogP contribution in [0.3, 0.4) is 0 Å². The minimum atomic E-state index is -4.47. The number of hydrogen-bond acceptors (Lipinski definition) is 0. The first kappa shape index (κ1) is 16.9. The predicted octanol–water partition coefficient (Wildman–Crippen LogP) is 4.95. The molecule has 0 aliphatic heterocycles. The smallest absolute Gasteiger partial charge is 0.168 e. The molecule has 0 heterocycles. The zero-order valence-electron chi connectivity index (χ0n) is 5.69. The van der Waals surface area contributed by atoms with Gasteiger partial charge >= 0.3 is 6.18 Å². The van der Waals surface area contributed by atoms with Crippen LogP contribution >= 0.6 is 69.6 Å². The second-order valence-corrected chi connectivity index (χ2v) is 5.47. The number of hydrogen-bond donors (Lipinski definition) is 0.